The molecule has 4 N–H and O–H groups in total. The van der Waals surface area contributed by atoms with Gasteiger partial charge in [0.25, 0.3) is 5.91 Å². The number of carbonyl (C=O) groups excluding carboxylic acids is 2. The molecule has 0 aliphatic carbocycles. The molecule has 6 heteroatoms. The fraction of sp³-hybridized carbons (Fsp3) is 0.385. The summed E-state index contributed by atoms with van der Waals surface area (Å²) in [5, 5.41) is 5.21. The summed E-state index contributed by atoms with van der Waals surface area (Å²) in [6.45, 7) is 3.93. The Morgan fingerprint density at radius 3 is 2.68 bits per heavy atom. The fourth-order valence-corrected chi connectivity index (χ4v) is 1.62. The molecule has 0 aliphatic heterocycles. The first-order valence-electron chi connectivity index (χ1n) is 6.02. The van der Waals surface area contributed by atoms with E-state index in [0.717, 1.165) is 0 Å². The molecule has 0 aliphatic rings. The van der Waals surface area contributed by atoms with Crippen LogP contribution in [0.15, 0.2) is 18.2 Å². The first-order chi connectivity index (χ1) is 9.01. The third-order valence-corrected chi connectivity index (χ3v) is 2.60. The maximum absolute atomic E-state index is 12.1. The third-order valence-electron chi connectivity index (χ3n) is 2.60. The van der Waals surface area contributed by atoms with Gasteiger partial charge in [-0.3, -0.25) is 9.59 Å². The van der Waals surface area contributed by atoms with Gasteiger partial charge in [0.05, 0.1) is 7.11 Å². The van der Waals surface area contributed by atoms with Crippen LogP contribution in [0.5, 0.6) is 5.75 Å². The lowest BCUT2D eigenvalue weighted by Crippen LogP contribution is -2.44. The summed E-state index contributed by atoms with van der Waals surface area (Å²) in [5.41, 5.74) is 6.31. The van der Waals surface area contributed by atoms with Gasteiger partial charge < -0.3 is 21.1 Å². The van der Waals surface area contributed by atoms with E-state index in [1.807, 2.05) is 6.92 Å². The average molecular weight is 265 g/mol. The average Bonchev–Trinajstić information content (AvgIpc) is 2.38. The van der Waals surface area contributed by atoms with E-state index < -0.39 is 11.9 Å². The second kappa shape index (κ2) is 6.63. The quantitative estimate of drug-likeness (QED) is 0.677. The molecular formula is C13H19N3O3. The zero-order valence-electron chi connectivity index (χ0n) is 11.3. The highest BCUT2D eigenvalue weighted by Gasteiger charge is 2.20. The predicted molar refractivity (Wildman–Crippen MR) is 73.0 cm³/mol. The van der Waals surface area contributed by atoms with Crippen LogP contribution in [-0.4, -0.2) is 31.5 Å². The van der Waals surface area contributed by atoms with Gasteiger partial charge in [-0.25, -0.2) is 0 Å². The minimum Gasteiger partial charge on any atom is -0.496 e. The van der Waals surface area contributed by atoms with Crippen LogP contribution >= 0.6 is 0 Å². The normalized spacial score (nSPS) is 11.5. The number of nitrogens with two attached hydrogens (primary N) is 1. The molecule has 1 aromatic rings. The highest BCUT2D eigenvalue weighted by Crippen LogP contribution is 2.23. The molecule has 1 atom stereocenters. The molecule has 1 unspecified atom stereocenters. The topological polar surface area (TPSA) is 93.5 Å². The molecular weight excluding hydrogens is 246 g/mol. The van der Waals surface area contributed by atoms with Gasteiger partial charge in [0.15, 0.2) is 0 Å². The van der Waals surface area contributed by atoms with E-state index in [9.17, 15) is 9.59 Å². The number of hydrogen-bond donors (Lipinski definition) is 3. The molecule has 0 heterocycles. The molecule has 6 nitrogen and oxygen atoms in total. The molecule has 1 rings (SSSR count). The van der Waals surface area contributed by atoms with Gasteiger partial charge in [0.2, 0.25) is 5.91 Å². The first kappa shape index (κ1) is 14.8. The highest BCUT2D eigenvalue weighted by molar-refractivity contribution is 6.03. The van der Waals surface area contributed by atoms with E-state index in [1.165, 1.54) is 7.11 Å². The number of nitrogens with one attached hydrogen (secondary N) is 2. The predicted octanol–water partition coefficient (Wildman–Crippen LogP) is 0.532. The maximum Gasteiger partial charge on any atom is 0.257 e. The van der Waals surface area contributed by atoms with Crippen molar-refractivity contribution in [3.05, 3.63) is 23.8 Å². The van der Waals surface area contributed by atoms with Gasteiger partial charge in [-0.15, -0.1) is 0 Å². The van der Waals surface area contributed by atoms with Crippen molar-refractivity contribution in [1.82, 2.24) is 10.6 Å². The smallest absolute Gasteiger partial charge is 0.257 e. The molecule has 0 fully saturated rings. The van der Waals surface area contributed by atoms with E-state index in [0.29, 0.717) is 18.0 Å². The lowest BCUT2D eigenvalue weighted by Gasteiger charge is -2.15. The fourth-order valence-electron chi connectivity index (χ4n) is 1.62. The van der Waals surface area contributed by atoms with Gasteiger partial charge in [0, 0.05) is 12.2 Å². The molecule has 1 aromatic carbocycles. The molecule has 0 bridgehead atoms. The van der Waals surface area contributed by atoms with Crippen molar-refractivity contribution in [2.75, 3.05) is 19.4 Å². The molecule has 104 valence electrons. The van der Waals surface area contributed by atoms with Gasteiger partial charge in [-0.2, -0.15) is 0 Å². The molecule has 0 saturated heterocycles. The van der Waals surface area contributed by atoms with Crippen LogP contribution in [0.3, 0.4) is 0 Å². The Bertz CT molecular complexity index is 474. The van der Waals surface area contributed by atoms with Crippen LogP contribution in [0.4, 0.5) is 5.69 Å². The van der Waals surface area contributed by atoms with E-state index in [-0.39, 0.29) is 11.5 Å². The van der Waals surface area contributed by atoms with Crippen molar-refractivity contribution in [2.24, 2.45) is 0 Å². The van der Waals surface area contributed by atoms with Gasteiger partial charge >= 0.3 is 0 Å². The second-order valence-corrected chi connectivity index (χ2v) is 4.01. The summed E-state index contributed by atoms with van der Waals surface area (Å²) in [5.74, 6) is -0.307. The summed E-state index contributed by atoms with van der Waals surface area (Å²) in [7, 11) is 1.46. The number of benzene rings is 1. The Kier molecular flexibility index (Phi) is 5.17. The summed E-state index contributed by atoms with van der Waals surface area (Å²) in [6.07, 6.45) is 0. The standard InChI is InChI=1S/C13H19N3O3/c1-4-15-12(17)8(2)16-13(18)11-9(14)6-5-7-10(11)19-3/h5-8H,4,14H2,1-3H3,(H,15,17)(H,16,18). The molecule has 0 saturated carbocycles. The highest BCUT2D eigenvalue weighted by atomic mass is 16.5. The summed E-state index contributed by atoms with van der Waals surface area (Å²) in [6, 6.07) is 4.30. The summed E-state index contributed by atoms with van der Waals surface area (Å²) < 4.78 is 5.10. The Balaban J connectivity index is 2.87. The van der Waals surface area contributed by atoms with Gasteiger partial charge in [0.1, 0.15) is 17.4 Å². The minimum atomic E-state index is -0.642. The van der Waals surface area contributed by atoms with E-state index in [4.69, 9.17) is 10.5 Å². The number of hydrogen-bond acceptors (Lipinski definition) is 4. The molecule has 19 heavy (non-hydrogen) atoms. The van der Waals surface area contributed by atoms with Crippen LogP contribution < -0.4 is 21.1 Å². The number of methoxy groups -OCH3 is 1. The Labute approximate surface area is 112 Å². The SMILES string of the molecule is CCNC(=O)C(C)NC(=O)c1c(N)cccc1OC. The number of ether oxygens (including phenoxy) is 1. The molecule has 0 radical (unpaired) electrons. The number of rotatable bonds is 5. The maximum atomic E-state index is 12.1. The van der Waals surface area contributed by atoms with Crippen LogP contribution in [-0.2, 0) is 4.79 Å². The van der Waals surface area contributed by atoms with Crippen molar-refractivity contribution in [2.45, 2.75) is 19.9 Å². The van der Waals surface area contributed by atoms with Crippen molar-refractivity contribution in [1.29, 1.82) is 0 Å². The van der Waals surface area contributed by atoms with Gasteiger partial charge in [-0.05, 0) is 26.0 Å². The number of anilines is 1. The number of nitrogen functional groups attached to an aromatic ring is 1. The van der Waals surface area contributed by atoms with Crippen molar-refractivity contribution < 1.29 is 14.3 Å². The van der Waals surface area contributed by atoms with Crippen molar-refractivity contribution in [3.8, 4) is 5.75 Å². The van der Waals surface area contributed by atoms with E-state index >= 15 is 0 Å². The second-order valence-electron chi connectivity index (χ2n) is 4.01. The summed E-state index contributed by atoms with van der Waals surface area (Å²) in [4.78, 5) is 23.7. The molecule has 0 aromatic heterocycles. The lowest BCUT2D eigenvalue weighted by atomic mass is 10.1. The van der Waals surface area contributed by atoms with Crippen LogP contribution in [0.25, 0.3) is 0 Å². The zero-order valence-corrected chi connectivity index (χ0v) is 11.3. The monoisotopic (exact) mass is 265 g/mol. The van der Waals surface area contributed by atoms with Crippen LogP contribution in [0.1, 0.15) is 24.2 Å². The molecule has 2 amide bonds. The van der Waals surface area contributed by atoms with Crippen molar-refractivity contribution in [3.63, 3.8) is 0 Å². The van der Waals surface area contributed by atoms with Crippen molar-refractivity contribution >= 4 is 17.5 Å². The zero-order chi connectivity index (χ0) is 14.4. The minimum absolute atomic E-state index is 0.237. The largest absolute Gasteiger partial charge is 0.496 e. The number of likely N-dealkylation sites (N-methyl/N-ethyl adjacent to an activating group) is 1. The van der Waals surface area contributed by atoms with Crippen LogP contribution in [0, 0.1) is 0 Å². The Morgan fingerprint density at radius 1 is 1.42 bits per heavy atom. The Hall–Kier alpha value is -2.24. The third kappa shape index (κ3) is 3.61. The van der Waals surface area contributed by atoms with Crippen LogP contribution in [0.2, 0.25) is 0 Å². The van der Waals surface area contributed by atoms with E-state index in [1.54, 1.807) is 25.1 Å². The number of amides is 2. The van der Waals surface area contributed by atoms with Gasteiger partial charge in [-0.1, -0.05) is 6.07 Å². The number of carbonyl (C=O) groups is 2. The summed E-state index contributed by atoms with van der Waals surface area (Å²) >= 11 is 0. The Morgan fingerprint density at radius 2 is 2.11 bits per heavy atom. The lowest BCUT2D eigenvalue weighted by molar-refractivity contribution is -0.122. The molecule has 0 spiro atoms. The first-order valence-corrected chi connectivity index (χ1v) is 6.02. The van der Waals surface area contributed by atoms with E-state index in [2.05, 4.69) is 10.6 Å².